The molecule has 0 bridgehead atoms. The average Bonchev–Trinajstić information content (AvgIpc) is 2.35. The smallest absolute Gasteiger partial charge is 0.259 e. The van der Waals surface area contributed by atoms with Crippen LogP contribution in [-0.4, -0.2) is 38.6 Å². The predicted octanol–water partition coefficient (Wildman–Crippen LogP) is 1.03. The first-order chi connectivity index (χ1) is 8.08. The summed E-state index contributed by atoms with van der Waals surface area (Å²) in [5.74, 6) is 0.744. The first-order valence-electron chi connectivity index (χ1n) is 4.99. The Bertz CT molecular complexity index is 450. The third-order valence-corrected chi connectivity index (χ3v) is 2.14. The number of carbonyl (C=O) groups is 1. The molecule has 0 atom stereocenters. The summed E-state index contributed by atoms with van der Waals surface area (Å²) in [5.41, 5.74) is 0.480. The van der Waals surface area contributed by atoms with Crippen LogP contribution in [0.4, 0.5) is 0 Å². The van der Waals surface area contributed by atoms with Gasteiger partial charge in [0.25, 0.3) is 5.91 Å². The second-order valence-corrected chi connectivity index (χ2v) is 3.55. The summed E-state index contributed by atoms with van der Waals surface area (Å²) >= 11 is 0. The molecule has 0 aliphatic heterocycles. The Kier molecular flexibility index (Phi) is 4.35. The number of rotatable bonds is 4. The standard InChI is InChI=1S/C12H14N2O3/c1-14(2)12(15)8-17-10-5-4-9(7-13)6-11(10)16-3/h4-6H,8H2,1-3H3. The van der Waals surface area contributed by atoms with Crippen LogP contribution in [0.1, 0.15) is 5.56 Å². The molecule has 1 aromatic rings. The van der Waals surface area contributed by atoms with Crippen LogP contribution < -0.4 is 9.47 Å². The highest BCUT2D eigenvalue weighted by Gasteiger charge is 2.09. The Balaban J connectivity index is 2.78. The maximum atomic E-state index is 11.3. The predicted molar refractivity (Wildman–Crippen MR) is 61.9 cm³/mol. The van der Waals surface area contributed by atoms with E-state index in [1.54, 1.807) is 32.3 Å². The number of likely N-dealkylation sites (N-methyl/N-ethyl adjacent to an activating group) is 1. The van der Waals surface area contributed by atoms with Gasteiger partial charge < -0.3 is 14.4 Å². The molecular formula is C12H14N2O3. The lowest BCUT2D eigenvalue weighted by Crippen LogP contribution is -2.27. The van der Waals surface area contributed by atoms with Crippen molar-refractivity contribution >= 4 is 5.91 Å². The number of carbonyl (C=O) groups excluding carboxylic acids is 1. The van der Waals surface area contributed by atoms with Gasteiger partial charge in [-0.15, -0.1) is 0 Å². The van der Waals surface area contributed by atoms with Crippen molar-refractivity contribution in [1.82, 2.24) is 4.90 Å². The molecule has 1 rings (SSSR count). The highest BCUT2D eigenvalue weighted by atomic mass is 16.5. The van der Waals surface area contributed by atoms with Gasteiger partial charge in [0.15, 0.2) is 18.1 Å². The van der Waals surface area contributed by atoms with Gasteiger partial charge in [-0.25, -0.2) is 0 Å². The van der Waals surface area contributed by atoms with Crippen molar-refractivity contribution < 1.29 is 14.3 Å². The van der Waals surface area contributed by atoms with E-state index in [-0.39, 0.29) is 12.5 Å². The molecule has 0 fully saturated rings. The lowest BCUT2D eigenvalue weighted by Gasteiger charge is -2.13. The Labute approximate surface area is 100 Å². The largest absolute Gasteiger partial charge is 0.493 e. The summed E-state index contributed by atoms with van der Waals surface area (Å²) in [6, 6.07) is 6.79. The molecule has 5 heteroatoms. The molecule has 0 saturated carbocycles. The minimum atomic E-state index is -0.142. The topological polar surface area (TPSA) is 62.6 Å². The van der Waals surface area contributed by atoms with Crippen molar-refractivity contribution in [2.24, 2.45) is 0 Å². The van der Waals surface area contributed by atoms with Crippen LogP contribution in [0.3, 0.4) is 0 Å². The average molecular weight is 234 g/mol. The fraction of sp³-hybridized carbons (Fsp3) is 0.333. The third kappa shape index (κ3) is 3.38. The summed E-state index contributed by atoms with van der Waals surface area (Å²) < 4.78 is 10.4. The molecule has 0 heterocycles. The monoisotopic (exact) mass is 234 g/mol. The van der Waals surface area contributed by atoms with Gasteiger partial charge in [0.1, 0.15) is 0 Å². The lowest BCUT2D eigenvalue weighted by atomic mass is 10.2. The number of benzene rings is 1. The van der Waals surface area contributed by atoms with E-state index in [2.05, 4.69) is 0 Å². The van der Waals surface area contributed by atoms with E-state index in [4.69, 9.17) is 14.7 Å². The zero-order valence-electron chi connectivity index (χ0n) is 10.1. The first kappa shape index (κ1) is 12.8. The molecule has 5 nitrogen and oxygen atoms in total. The fourth-order valence-corrected chi connectivity index (χ4v) is 1.12. The molecular weight excluding hydrogens is 220 g/mol. The molecule has 17 heavy (non-hydrogen) atoms. The van der Waals surface area contributed by atoms with E-state index >= 15 is 0 Å². The second-order valence-electron chi connectivity index (χ2n) is 3.55. The van der Waals surface area contributed by atoms with Crippen molar-refractivity contribution in [3.8, 4) is 17.6 Å². The van der Waals surface area contributed by atoms with E-state index in [0.717, 1.165) is 0 Å². The molecule has 0 unspecified atom stereocenters. The normalized spacial score (nSPS) is 9.29. The van der Waals surface area contributed by atoms with Crippen molar-refractivity contribution in [1.29, 1.82) is 5.26 Å². The Hall–Kier alpha value is -2.22. The number of methoxy groups -OCH3 is 1. The van der Waals surface area contributed by atoms with Gasteiger partial charge in [-0.1, -0.05) is 0 Å². The summed E-state index contributed by atoms with van der Waals surface area (Å²) in [4.78, 5) is 12.8. The van der Waals surface area contributed by atoms with Crippen LogP contribution in [0.5, 0.6) is 11.5 Å². The summed E-state index contributed by atoms with van der Waals surface area (Å²) in [7, 11) is 4.79. The Morgan fingerprint density at radius 1 is 1.41 bits per heavy atom. The molecule has 0 aromatic heterocycles. The maximum absolute atomic E-state index is 11.3. The van der Waals surface area contributed by atoms with Crippen LogP contribution in [0.2, 0.25) is 0 Å². The highest BCUT2D eigenvalue weighted by Crippen LogP contribution is 2.27. The molecule has 0 radical (unpaired) electrons. The minimum absolute atomic E-state index is 0.0603. The lowest BCUT2D eigenvalue weighted by molar-refractivity contribution is -0.130. The van der Waals surface area contributed by atoms with Gasteiger partial charge in [-0.3, -0.25) is 4.79 Å². The number of hydrogen-bond acceptors (Lipinski definition) is 4. The van der Waals surface area contributed by atoms with Gasteiger partial charge in [0.2, 0.25) is 0 Å². The van der Waals surface area contributed by atoms with Gasteiger partial charge >= 0.3 is 0 Å². The molecule has 0 aliphatic rings. The molecule has 0 saturated heterocycles. The number of nitriles is 1. The maximum Gasteiger partial charge on any atom is 0.259 e. The number of amides is 1. The number of nitrogens with zero attached hydrogens (tertiary/aromatic N) is 2. The van der Waals surface area contributed by atoms with Gasteiger partial charge in [-0.2, -0.15) is 5.26 Å². The van der Waals surface area contributed by atoms with E-state index in [9.17, 15) is 4.79 Å². The molecule has 90 valence electrons. The molecule has 1 aromatic carbocycles. The SMILES string of the molecule is COc1cc(C#N)ccc1OCC(=O)N(C)C. The fourth-order valence-electron chi connectivity index (χ4n) is 1.12. The van der Waals surface area contributed by atoms with Crippen LogP contribution in [-0.2, 0) is 4.79 Å². The summed E-state index contributed by atoms with van der Waals surface area (Å²) in [6.45, 7) is -0.0603. The van der Waals surface area contributed by atoms with Crippen LogP contribution in [0, 0.1) is 11.3 Å². The third-order valence-electron chi connectivity index (χ3n) is 2.14. The van der Waals surface area contributed by atoms with Crippen molar-refractivity contribution in [3.05, 3.63) is 23.8 Å². The highest BCUT2D eigenvalue weighted by molar-refractivity contribution is 5.77. The minimum Gasteiger partial charge on any atom is -0.493 e. The van der Waals surface area contributed by atoms with Gasteiger partial charge in [0.05, 0.1) is 18.7 Å². The van der Waals surface area contributed by atoms with Crippen molar-refractivity contribution in [3.63, 3.8) is 0 Å². The first-order valence-corrected chi connectivity index (χ1v) is 4.99. The van der Waals surface area contributed by atoms with E-state index < -0.39 is 0 Å². The molecule has 0 spiro atoms. The van der Waals surface area contributed by atoms with Gasteiger partial charge in [-0.05, 0) is 12.1 Å². The second kappa shape index (κ2) is 5.75. The number of ether oxygens (including phenoxy) is 2. The van der Waals surface area contributed by atoms with Crippen LogP contribution >= 0.6 is 0 Å². The molecule has 1 amide bonds. The van der Waals surface area contributed by atoms with E-state index in [1.807, 2.05) is 6.07 Å². The molecule has 0 aliphatic carbocycles. The van der Waals surface area contributed by atoms with E-state index in [0.29, 0.717) is 17.1 Å². The summed E-state index contributed by atoms with van der Waals surface area (Å²) in [5, 5.41) is 8.73. The summed E-state index contributed by atoms with van der Waals surface area (Å²) in [6.07, 6.45) is 0. The molecule has 0 N–H and O–H groups in total. The Morgan fingerprint density at radius 2 is 2.12 bits per heavy atom. The zero-order valence-corrected chi connectivity index (χ0v) is 10.1. The van der Waals surface area contributed by atoms with Crippen LogP contribution in [0.25, 0.3) is 0 Å². The van der Waals surface area contributed by atoms with E-state index in [1.165, 1.54) is 12.0 Å². The van der Waals surface area contributed by atoms with Crippen molar-refractivity contribution in [2.45, 2.75) is 0 Å². The van der Waals surface area contributed by atoms with Crippen LogP contribution in [0.15, 0.2) is 18.2 Å². The quantitative estimate of drug-likeness (QED) is 0.780. The number of hydrogen-bond donors (Lipinski definition) is 0. The zero-order chi connectivity index (χ0) is 12.8. The van der Waals surface area contributed by atoms with Gasteiger partial charge in [0, 0.05) is 20.2 Å². The van der Waals surface area contributed by atoms with Crippen molar-refractivity contribution in [2.75, 3.05) is 27.8 Å². The Morgan fingerprint density at radius 3 is 2.65 bits per heavy atom.